The monoisotopic (exact) mass is 103 g/mol. The minimum atomic E-state index is 0.477. The number of nitrogens with one attached hydrogen (secondary N) is 1. The van der Waals surface area contributed by atoms with Crippen LogP contribution in [0.25, 0.3) is 0 Å². The molecule has 0 spiro atoms. The second kappa shape index (κ2) is 4.09. The van der Waals surface area contributed by atoms with Crippen LogP contribution in [0.4, 0.5) is 0 Å². The fraction of sp³-hybridized carbons (Fsp3) is 1.00. The van der Waals surface area contributed by atoms with E-state index >= 15 is 0 Å². The zero-order chi connectivity index (χ0) is 5.70. The lowest BCUT2D eigenvalue weighted by Gasteiger charge is -2.06. The quantitative estimate of drug-likeness (QED) is 0.537. The molecule has 7 heavy (non-hydrogen) atoms. The molecule has 0 fully saturated rings. The van der Waals surface area contributed by atoms with Crippen molar-refractivity contribution in [2.75, 3.05) is 7.11 Å². The summed E-state index contributed by atoms with van der Waals surface area (Å²) in [6.45, 7) is 4.18. The molecule has 0 aromatic carbocycles. The van der Waals surface area contributed by atoms with Crippen LogP contribution in [-0.4, -0.2) is 13.2 Å². The zero-order valence-electron chi connectivity index (χ0n) is 5.19. The third-order valence-corrected chi connectivity index (χ3v) is 0.931. The summed E-state index contributed by atoms with van der Waals surface area (Å²) in [5.41, 5.74) is 2.80. The van der Waals surface area contributed by atoms with E-state index in [1.165, 1.54) is 0 Å². The fourth-order valence-corrected chi connectivity index (χ4v) is 0.285. The first-order valence-corrected chi connectivity index (χ1v) is 2.59. The number of hydrogen-bond acceptors (Lipinski definition) is 2. The van der Waals surface area contributed by atoms with E-state index in [9.17, 15) is 0 Å². The van der Waals surface area contributed by atoms with E-state index in [1.807, 2.05) is 0 Å². The van der Waals surface area contributed by atoms with Crippen LogP contribution in [0.1, 0.15) is 20.3 Å². The molecule has 2 nitrogen and oxygen atoms in total. The molecule has 0 aromatic rings. The molecule has 0 radical (unpaired) electrons. The van der Waals surface area contributed by atoms with Crippen molar-refractivity contribution in [2.24, 2.45) is 0 Å². The van der Waals surface area contributed by atoms with Crippen molar-refractivity contribution in [1.29, 1.82) is 0 Å². The molecule has 0 aromatic heterocycles. The maximum Gasteiger partial charge on any atom is 0.0572 e. The van der Waals surface area contributed by atoms with Crippen LogP contribution < -0.4 is 5.48 Å². The molecule has 0 aliphatic rings. The van der Waals surface area contributed by atoms with Gasteiger partial charge in [-0.1, -0.05) is 6.92 Å². The van der Waals surface area contributed by atoms with Gasteiger partial charge in [-0.15, -0.1) is 0 Å². The third-order valence-electron chi connectivity index (χ3n) is 0.931. The molecule has 0 rings (SSSR count). The number of rotatable bonds is 3. The molecule has 0 aliphatic carbocycles. The van der Waals surface area contributed by atoms with Crippen LogP contribution in [0.3, 0.4) is 0 Å². The highest BCUT2D eigenvalue weighted by molar-refractivity contribution is 4.46. The summed E-state index contributed by atoms with van der Waals surface area (Å²) < 4.78 is 0. The summed E-state index contributed by atoms with van der Waals surface area (Å²) in [4.78, 5) is 4.64. The Hall–Kier alpha value is -0.0800. The molecule has 1 N–H and O–H groups in total. The Morgan fingerprint density at radius 1 is 1.71 bits per heavy atom. The number of hydrogen-bond donors (Lipinski definition) is 1. The molecule has 0 saturated heterocycles. The lowest BCUT2D eigenvalue weighted by molar-refractivity contribution is 0.0650. The minimum absolute atomic E-state index is 0.477. The zero-order valence-corrected chi connectivity index (χ0v) is 5.19. The Labute approximate surface area is 44.8 Å². The van der Waals surface area contributed by atoms with Crippen LogP contribution in [0.15, 0.2) is 0 Å². The highest BCUT2D eigenvalue weighted by Gasteiger charge is 1.91. The normalized spacial score (nSPS) is 14.1. The van der Waals surface area contributed by atoms with Crippen molar-refractivity contribution in [1.82, 2.24) is 5.48 Å². The summed E-state index contributed by atoms with van der Waals surface area (Å²) in [5.74, 6) is 0. The smallest absolute Gasteiger partial charge is 0.0572 e. The Bertz CT molecular complexity index is 39.1. The predicted molar refractivity (Wildman–Crippen MR) is 29.9 cm³/mol. The lowest BCUT2D eigenvalue weighted by Crippen LogP contribution is -2.23. The van der Waals surface area contributed by atoms with Crippen molar-refractivity contribution in [3.63, 3.8) is 0 Å². The van der Waals surface area contributed by atoms with E-state index < -0.39 is 0 Å². The van der Waals surface area contributed by atoms with Crippen molar-refractivity contribution >= 4 is 0 Å². The molecule has 0 aliphatic heterocycles. The summed E-state index contributed by atoms with van der Waals surface area (Å²) in [6, 6.07) is 0.477. The van der Waals surface area contributed by atoms with Crippen LogP contribution in [0.2, 0.25) is 0 Å². The lowest BCUT2D eigenvalue weighted by atomic mass is 10.3. The van der Waals surface area contributed by atoms with Crippen molar-refractivity contribution in [3.8, 4) is 0 Å². The fourth-order valence-electron chi connectivity index (χ4n) is 0.285. The maximum absolute atomic E-state index is 4.64. The largest absolute Gasteiger partial charge is 0.305 e. The summed E-state index contributed by atoms with van der Waals surface area (Å²) in [7, 11) is 1.63. The molecule has 44 valence electrons. The second-order valence-corrected chi connectivity index (χ2v) is 1.63. The molecular formula is C5H13NO. The average Bonchev–Trinajstić information content (AvgIpc) is 1.68. The SMILES string of the molecule is CCC(C)NOC. The van der Waals surface area contributed by atoms with Gasteiger partial charge < -0.3 is 4.84 Å². The molecule has 1 atom stereocenters. The van der Waals surface area contributed by atoms with E-state index in [4.69, 9.17) is 0 Å². The van der Waals surface area contributed by atoms with Gasteiger partial charge in [0.1, 0.15) is 0 Å². The standard InChI is InChI=1S/C5H13NO/c1-4-5(2)6-7-3/h5-6H,4H2,1-3H3. The van der Waals surface area contributed by atoms with E-state index in [-0.39, 0.29) is 0 Å². The van der Waals surface area contributed by atoms with Crippen LogP contribution in [0, 0.1) is 0 Å². The number of hydroxylamine groups is 1. The second-order valence-electron chi connectivity index (χ2n) is 1.63. The highest BCUT2D eigenvalue weighted by atomic mass is 16.6. The van der Waals surface area contributed by atoms with Crippen LogP contribution in [0.5, 0.6) is 0 Å². The minimum Gasteiger partial charge on any atom is -0.305 e. The molecule has 2 heteroatoms. The van der Waals surface area contributed by atoms with E-state index in [0.29, 0.717) is 6.04 Å². The first kappa shape index (κ1) is 6.92. The Kier molecular flexibility index (Phi) is 4.04. The molecule has 0 heterocycles. The highest BCUT2D eigenvalue weighted by Crippen LogP contribution is 1.84. The molecule has 0 saturated carbocycles. The predicted octanol–water partition coefficient (Wildman–Crippen LogP) is 0.936. The summed E-state index contributed by atoms with van der Waals surface area (Å²) in [5, 5.41) is 0. The molecule has 1 unspecified atom stereocenters. The topological polar surface area (TPSA) is 21.3 Å². The molecule has 0 amide bonds. The van der Waals surface area contributed by atoms with Crippen LogP contribution >= 0.6 is 0 Å². The van der Waals surface area contributed by atoms with Gasteiger partial charge in [0.2, 0.25) is 0 Å². The van der Waals surface area contributed by atoms with Gasteiger partial charge in [0.15, 0.2) is 0 Å². The van der Waals surface area contributed by atoms with Gasteiger partial charge >= 0.3 is 0 Å². The summed E-state index contributed by atoms with van der Waals surface area (Å²) >= 11 is 0. The molecule has 0 bridgehead atoms. The van der Waals surface area contributed by atoms with Crippen molar-refractivity contribution in [3.05, 3.63) is 0 Å². The van der Waals surface area contributed by atoms with Gasteiger partial charge in [-0.3, -0.25) is 0 Å². The molecular weight excluding hydrogens is 90.1 g/mol. The van der Waals surface area contributed by atoms with E-state index in [1.54, 1.807) is 7.11 Å². The van der Waals surface area contributed by atoms with E-state index in [2.05, 4.69) is 24.2 Å². The van der Waals surface area contributed by atoms with Crippen molar-refractivity contribution in [2.45, 2.75) is 26.3 Å². The maximum atomic E-state index is 4.64. The van der Waals surface area contributed by atoms with Gasteiger partial charge in [0, 0.05) is 6.04 Å². The average molecular weight is 103 g/mol. The van der Waals surface area contributed by atoms with Gasteiger partial charge in [-0.05, 0) is 13.3 Å². The Morgan fingerprint density at radius 2 is 2.29 bits per heavy atom. The summed E-state index contributed by atoms with van der Waals surface area (Å²) in [6.07, 6.45) is 1.10. The first-order valence-electron chi connectivity index (χ1n) is 2.59. The van der Waals surface area contributed by atoms with Crippen molar-refractivity contribution < 1.29 is 4.84 Å². The first-order chi connectivity index (χ1) is 3.31. The Balaban J connectivity index is 2.83. The Morgan fingerprint density at radius 3 is 2.43 bits per heavy atom. The van der Waals surface area contributed by atoms with Gasteiger partial charge in [0.25, 0.3) is 0 Å². The van der Waals surface area contributed by atoms with Crippen LogP contribution in [-0.2, 0) is 4.84 Å². The van der Waals surface area contributed by atoms with E-state index in [0.717, 1.165) is 6.42 Å². The van der Waals surface area contributed by atoms with Gasteiger partial charge in [-0.2, -0.15) is 0 Å². The third kappa shape index (κ3) is 3.76. The van der Waals surface area contributed by atoms with Gasteiger partial charge in [-0.25, -0.2) is 5.48 Å². The van der Waals surface area contributed by atoms with Gasteiger partial charge in [0.05, 0.1) is 7.11 Å².